The summed E-state index contributed by atoms with van der Waals surface area (Å²) in [5, 5.41) is 0.465. The van der Waals surface area contributed by atoms with Crippen molar-refractivity contribution in [1.82, 2.24) is 4.90 Å². The molecule has 0 saturated carbocycles. The predicted molar refractivity (Wildman–Crippen MR) is 79.0 cm³/mol. The van der Waals surface area contributed by atoms with E-state index in [1.807, 2.05) is 19.1 Å². The van der Waals surface area contributed by atoms with Gasteiger partial charge in [-0.2, -0.15) is 0 Å². The van der Waals surface area contributed by atoms with E-state index < -0.39 is 0 Å². The van der Waals surface area contributed by atoms with Gasteiger partial charge in [-0.05, 0) is 42.0 Å². The smallest absolute Gasteiger partial charge is 0.268 e. The standard InChI is InChI=1S/C14H14ClNO2S/c1-2-3-8-16-13(17)12(19-14(16)18)9-10-4-6-11(15)7-5-10/h4-7,9H,2-3,8H2,1H3/b12-9-. The minimum atomic E-state index is -0.196. The van der Waals surface area contributed by atoms with E-state index in [0.29, 0.717) is 16.5 Å². The van der Waals surface area contributed by atoms with E-state index in [4.69, 9.17) is 11.6 Å². The Kier molecular flexibility index (Phi) is 4.66. The molecule has 3 nitrogen and oxygen atoms in total. The number of amides is 2. The maximum absolute atomic E-state index is 12.1. The molecule has 2 amide bonds. The van der Waals surface area contributed by atoms with Crippen LogP contribution in [0.2, 0.25) is 5.02 Å². The van der Waals surface area contributed by atoms with Crippen molar-refractivity contribution in [1.29, 1.82) is 0 Å². The third kappa shape index (κ3) is 3.39. The van der Waals surface area contributed by atoms with Crippen molar-refractivity contribution in [2.24, 2.45) is 0 Å². The minimum Gasteiger partial charge on any atom is -0.268 e. The van der Waals surface area contributed by atoms with Crippen molar-refractivity contribution in [3.05, 3.63) is 39.8 Å². The number of carbonyl (C=O) groups excluding carboxylic acids is 2. The molecule has 0 atom stereocenters. The zero-order chi connectivity index (χ0) is 13.8. The van der Waals surface area contributed by atoms with E-state index in [0.717, 1.165) is 30.2 Å². The summed E-state index contributed by atoms with van der Waals surface area (Å²) in [6.45, 7) is 2.53. The molecule has 1 aromatic rings. The van der Waals surface area contributed by atoms with Crippen LogP contribution in [0.4, 0.5) is 4.79 Å². The molecule has 0 spiro atoms. The lowest BCUT2D eigenvalue weighted by atomic mass is 10.2. The zero-order valence-corrected chi connectivity index (χ0v) is 12.1. The average Bonchev–Trinajstić information content (AvgIpc) is 2.65. The molecular formula is C14H14ClNO2S. The van der Waals surface area contributed by atoms with E-state index in [1.54, 1.807) is 18.2 Å². The van der Waals surface area contributed by atoms with Crippen LogP contribution in [0.1, 0.15) is 25.3 Å². The molecule has 0 radical (unpaired) electrons. The van der Waals surface area contributed by atoms with Crippen molar-refractivity contribution in [3.8, 4) is 0 Å². The van der Waals surface area contributed by atoms with E-state index in [9.17, 15) is 9.59 Å². The van der Waals surface area contributed by atoms with Crippen LogP contribution in [-0.2, 0) is 4.79 Å². The molecule has 100 valence electrons. The van der Waals surface area contributed by atoms with Gasteiger partial charge in [0, 0.05) is 11.6 Å². The number of nitrogens with zero attached hydrogens (tertiary/aromatic N) is 1. The van der Waals surface area contributed by atoms with Crippen molar-refractivity contribution < 1.29 is 9.59 Å². The molecule has 0 aliphatic carbocycles. The molecule has 1 saturated heterocycles. The lowest BCUT2D eigenvalue weighted by Gasteiger charge is -2.10. The number of unbranched alkanes of at least 4 members (excludes halogenated alkanes) is 1. The first-order valence-corrected chi connectivity index (χ1v) is 7.32. The molecule has 0 aromatic heterocycles. The summed E-state index contributed by atoms with van der Waals surface area (Å²) in [5.74, 6) is -0.196. The van der Waals surface area contributed by atoms with Crippen LogP contribution in [0.15, 0.2) is 29.2 Å². The van der Waals surface area contributed by atoms with Crippen molar-refractivity contribution >= 4 is 40.6 Å². The highest BCUT2D eigenvalue weighted by Crippen LogP contribution is 2.32. The van der Waals surface area contributed by atoms with Crippen molar-refractivity contribution in [3.63, 3.8) is 0 Å². The summed E-state index contributed by atoms with van der Waals surface area (Å²) in [7, 11) is 0. The summed E-state index contributed by atoms with van der Waals surface area (Å²) in [4.78, 5) is 25.6. The first-order valence-electron chi connectivity index (χ1n) is 6.12. The second kappa shape index (κ2) is 6.26. The van der Waals surface area contributed by atoms with Gasteiger partial charge < -0.3 is 0 Å². The Morgan fingerprint density at radius 3 is 2.58 bits per heavy atom. The van der Waals surface area contributed by atoms with Gasteiger partial charge in [0.25, 0.3) is 11.1 Å². The Hall–Kier alpha value is -1.26. The largest absolute Gasteiger partial charge is 0.293 e. The van der Waals surface area contributed by atoms with Crippen LogP contribution in [0.3, 0.4) is 0 Å². The van der Waals surface area contributed by atoms with Gasteiger partial charge in [0.1, 0.15) is 0 Å². The maximum atomic E-state index is 12.1. The number of hydrogen-bond donors (Lipinski definition) is 0. The SMILES string of the molecule is CCCCN1C(=O)S/C(=C\c2ccc(Cl)cc2)C1=O. The topological polar surface area (TPSA) is 37.4 Å². The summed E-state index contributed by atoms with van der Waals surface area (Å²) >= 11 is 6.80. The van der Waals surface area contributed by atoms with E-state index in [2.05, 4.69) is 0 Å². The minimum absolute atomic E-state index is 0.182. The summed E-state index contributed by atoms with van der Waals surface area (Å²) in [6, 6.07) is 7.16. The fraction of sp³-hybridized carbons (Fsp3) is 0.286. The van der Waals surface area contributed by atoms with Crippen molar-refractivity contribution in [2.45, 2.75) is 19.8 Å². The Morgan fingerprint density at radius 2 is 1.95 bits per heavy atom. The number of imide groups is 1. The van der Waals surface area contributed by atoms with Crippen LogP contribution in [0.5, 0.6) is 0 Å². The van der Waals surface area contributed by atoms with E-state index in [-0.39, 0.29) is 11.1 Å². The Balaban J connectivity index is 2.16. The van der Waals surface area contributed by atoms with Gasteiger partial charge in [0.2, 0.25) is 0 Å². The summed E-state index contributed by atoms with van der Waals surface area (Å²) < 4.78 is 0. The van der Waals surface area contributed by atoms with E-state index >= 15 is 0 Å². The number of halogens is 1. The normalized spacial score (nSPS) is 17.6. The zero-order valence-electron chi connectivity index (χ0n) is 10.6. The fourth-order valence-electron chi connectivity index (χ4n) is 1.72. The van der Waals surface area contributed by atoms with Crippen molar-refractivity contribution in [2.75, 3.05) is 6.54 Å². The number of carbonyl (C=O) groups is 2. The molecule has 0 N–H and O–H groups in total. The van der Waals surface area contributed by atoms with Gasteiger partial charge in [0.15, 0.2) is 0 Å². The fourth-order valence-corrected chi connectivity index (χ4v) is 2.71. The molecule has 19 heavy (non-hydrogen) atoms. The monoisotopic (exact) mass is 295 g/mol. The first-order chi connectivity index (χ1) is 9.11. The summed E-state index contributed by atoms with van der Waals surface area (Å²) in [5.41, 5.74) is 0.866. The van der Waals surface area contributed by atoms with Crippen LogP contribution < -0.4 is 0 Å². The third-order valence-corrected chi connectivity index (χ3v) is 3.94. The molecule has 2 rings (SSSR count). The van der Waals surface area contributed by atoms with Gasteiger partial charge in [-0.15, -0.1) is 0 Å². The molecule has 0 unspecified atom stereocenters. The number of thioether (sulfide) groups is 1. The first kappa shape index (κ1) is 14.2. The quantitative estimate of drug-likeness (QED) is 0.782. The lowest BCUT2D eigenvalue weighted by molar-refractivity contribution is -0.122. The summed E-state index contributed by atoms with van der Waals surface area (Å²) in [6.07, 6.45) is 3.53. The van der Waals surface area contributed by atoms with Gasteiger partial charge in [0.05, 0.1) is 4.91 Å². The van der Waals surface area contributed by atoms with Crippen LogP contribution in [-0.4, -0.2) is 22.6 Å². The maximum Gasteiger partial charge on any atom is 0.293 e. The van der Waals surface area contributed by atoms with Crippen LogP contribution in [0.25, 0.3) is 6.08 Å². The van der Waals surface area contributed by atoms with Gasteiger partial charge in [-0.3, -0.25) is 14.5 Å². The molecule has 1 fully saturated rings. The van der Waals surface area contributed by atoms with Crippen LogP contribution >= 0.6 is 23.4 Å². The second-order valence-corrected chi connectivity index (χ2v) is 5.67. The second-order valence-electron chi connectivity index (χ2n) is 4.24. The highest BCUT2D eigenvalue weighted by atomic mass is 35.5. The van der Waals surface area contributed by atoms with Gasteiger partial charge >= 0.3 is 0 Å². The molecular weight excluding hydrogens is 282 g/mol. The van der Waals surface area contributed by atoms with E-state index in [1.165, 1.54) is 4.90 Å². The number of hydrogen-bond acceptors (Lipinski definition) is 3. The number of benzene rings is 1. The Labute approximate surface area is 121 Å². The molecule has 0 bridgehead atoms. The highest BCUT2D eigenvalue weighted by molar-refractivity contribution is 8.18. The Bertz CT molecular complexity index is 525. The van der Waals surface area contributed by atoms with Crippen LogP contribution in [0, 0.1) is 0 Å². The molecule has 1 aliphatic heterocycles. The van der Waals surface area contributed by atoms with Gasteiger partial charge in [-0.1, -0.05) is 37.1 Å². The van der Waals surface area contributed by atoms with Gasteiger partial charge in [-0.25, -0.2) is 0 Å². The Morgan fingerprint density at radius 1 is 1.26 bits per heavy atom. The molecule has 1 aromatic carbocycles. The lowest BCUT2D eigenvalue weighted by Crippen LogP contribution is -2.29. The highest BCUT2D eigenvalue weighted by Gasteiger charge is 2.34. The average molecular weight is 296 g/mol. The third-order valence-electron chi connectivity index (χ3n) is 2.78. The number of rotatable bonds is 4. The molecule has 1 heterocycles. The molecule has 5 heteroatoms. The predicted octanol–water partition coefficient (Wildman–Crippen LogP) is 4.18. The molecule has 1 aliphatic rings.